The maximum atomic E-state index is 2.36. The third-order valence-corrected chi connectivity index (χ3v) is 5.49. The molecule has 0 saturated heterocycles. The van der Waals surface area contributed by atoms with Gasteiger partial charge in [-0.2, -0.15) is 0 Å². The molecule has 0 rings (SSSR count). The van der Waals surface area contributed by atoms with Gasteiger partial charge in [0.15, 0.2) is 0 Å². The van der Waals surface area contributed by atoms with E-state index in [9.17, 15) is 0 Å². The van der Waals surface area contributed by atoms with Gasteiger partial charge in [-0.3, -0.25) is 0 Å². The zero-order valence-corrected chi connectivity index (χ0v) is 16.5. The second-order valence-corrected chi connectivity index (χ2v) is 7.68. The van der Waals surface area contributed by atoms with Gasteiger partial charge in [0.2, 0.25) is 0 Å². The molecule has 0 saturated carbocycles. The van der Waals surface area contributed by atoms with Gasteiger partial charge in [-0.05, 0) is 31.1 Å². The molecule has 0 heterocycles. The zero-order chi connectivity index (χ0) is 16.5. The van der Waals surface area contributed by atoms with Crippen molar-refractivity contribution in [2.75, 3.05) is 0 Å². The lowest BCUT2D eigenvalue weighted by Crippen LogP contribution is -2.21. The van der Waals surface area contributed by atoms with Crippen LogP contribution in [0.3, 0.4) is 0 Å². The molecule has 0 aliphatic carbocycles. The van der Waals surface area contributed by atoms with Gasteiger partial charge in [0, 0.05) is 0 Å². The summed E-state index contributed by atoms with van der Waals surface area (Å²) in [5, 5.41) is 0. The first-order chi connectivity index (χ1) is 10.7. The van der Waals surface area contributed by atoms with E-state index in [0.29, 0.717) is 5.41 Å². The van der Waals surface area contributed by atoms with Crippen LogP contribution in [0.25, 0.3) is 0 Å². The molecule has 0 atom stereocenters. The number of hydrogen-bond donors (Lipinski definition) is 0. The molecule has 0 aliphatic rings. The summed E-state index contributed by atoms with van der Waals surface area (Å²) in [7, 11) is 0. The average Bonchev–Trinajstić information content (AvgIpc) is 2.55. The molecule has 0 N–H and O–H groups in total. The Morgan fingerprint density at radius 3 is 1.09 bits per heavy atom. The Hall–Kier alpha value is 0. The largest absolute Gasteiger partial charge is 0.0654 e. The predicted molar refractivity (Wildman–Crippen MR) is 104 cm³/mol. The maximum Gasteiger partial charge on any atom is -0.0297 e. The number of rotatable bonds is 17. The zero-order valence-electron chi connectivity index (χ0n) is 16.5. The lowest BCUT2D eigenvalue weighted by Gasteiger charge is -2.35. The molecule has 0 heteroatoms. The molecule has 0 unspecified atom stereocenters. The summed E-state index contributed by atoms with van der Waals surface area (Å²) >= 11 is 0. The summed E-state index contributed by atoms with van der Waals surface area (Å²) in [6.45, 7) is 9.39. The summed E-state index contributed by atoms with van der Waals surface area (Å²) in [5.41, 5.74) is 0.700. The van der Waals surface area contributed by atoms with E-state index in [-0.39, 0.29) is 0 Å². The fourth-order valence-corrected chi connectivity index (χ4v) is 3.86. The van der Waals surface area contributed by atoms with Crippen LogP contribution in [0.1, 0.15) is 137 Å². The van der Waals surface area contributed by atoms with E-state index in [4.69, 9.17) is 0 Å². The van der Waals surface area contributed by atoms with Crippen molar-refractivity contribution in [3.63, 3.8) is 0 Å². The summed E-state index contributed by atoms with van der Waals surface area (Å²) in [6.07, 6.45) is 24.7. The number of hydrogen-bond acceptors (Lipinski definition) is 0. The molecular formula is C22H46. The Labute approximate surface area is 142 Å². The second kappa shape index (κ2) is 15.9. The molecule has 0 bridgehead atoms. The highest BCUT2D eigenvalue weighted by molar-refractivity contribution is 4.79. The Kier molecular flexibility index (Phi) is 15.9. The molecule has 0 aromatic carbocycles. The fraction of sp³-hybridized carbons (Fsp3) is 1.00. The Bertz CT molecular complexity index is 184. The second-order valence-electron chi connectivity index (χ2n) is 7.68. The van der Waals surface area contributed by atoms with Crippen LogP contribution in [-0.4, -0.2) is 0 Å². The fourth-order valence-electron chi connectivity index (χ4n) is 3.86. The van der Waals surface area contributed by atoms with E-state index in [0.717, 1.165) is 0 Å². The minimum Gasteiger partial charge on any atom is -0.0654 e. The van der Waals surface area contributed by atoms with E-state index in [2.05, 4.69) is 27.7 Å². The maximum absolute atomic E-state index is 2.36. The highest BCUT2D eigenvalue weighted by atomic mass is 14.3. The summed E-state index contributed by atoms with van der Waals surface area (Å²) in [6, 6.07) is 0. The molecule has 134 valence electrons. The first kappa shape index (κ1) is 22.0. The monoisotopic (exact) mass is 310 g/mol. The Balaban J connectivity index is 4.21. The van der Waals surface area contributed by atoms with Crippen LogP contribution in [0.4, 0.5) is 0 Å². The third kappa shape index (κ3) is 11.6. The SMILES string of the molecule is CCCCCCCCCC(CCCC)(CCCC)CCCC. The van der Waals surface area contributed by atoms with Crippen LogP contribution < -0.4 is 0 Å². The summed E-state index contributed by atoms with van der Waals surface area (Å²) < 4.78 is 0. The third-order valence-electron chi connectivity index (χ3n) is 5.49. The van der Waals surface area contributed by atoms with Gasteiger partial charge in [0.1, 0.15) is 0 Å². The summed E-state index contributed by atoms with van der Waals surface area (Å²) in [4.78, 5) is 0. The lowest BCUT2D eigenvalue weighted by atomic mass is 9.71. The smallest absolute Gasteiger partial charge is 0.0297 e. The van der Waals surface area contributed by atoms with Crippen LogP contribution in [0.5, 0.6) is 0 Å². The lowest BCUT2D eigenvalue weighted by molar-refractivity contribution is 0.175. The van der Waals surface area contributed by atoms with Crippen LogP contribution in [0.15, 0.2) is 0 Å². The molecule has 0 spiro atoms. The van der Waals surface area contributed by atoms with Crippen LogP contribution >= 0.6 is 0 Å². The number of unbranched alkanes of at least 4 members (excludes halogenated alkanes) is 9. The molecule has 0 nitrogen and oxygen atoms in total. The van der Waals surface area contributed by atoms with Crippen LogP contribution in [0.2, 0.25) is 0 Å². The van der Waals surface area contributed by atoms with Crippen LogP contribution in [-0.2, 0) is 0 Å². The molecule has 0 fully saturated rings. The molecule has 0 amide bonds. The normalized spacial score (nSPS) is 12.0. The van der Waals surface area contributed by atoms with Crippen molar-refractivity contribution in [3.05, 3.63) is 0 Å². The van der Waals surface area contributed by atoms with E-state index in [1.54, 1.807) is 0 Å². The van der Waals surface area contributed by atoms with E-state index in [1.807, 2.05) is 0 Å². The van der Waals surface area contributed by atoms with Crippen molar-refractivity contribution in [2.24, 2.45) is 5.41 Å². The predicted octanol–water partition coefficient (Wildman–Crippen LogP) is 8.68. The van der Waals surface area contributed by atoms with Crippen molar-refractivity contribution in [1.82, 2.24) is 0 Å². The minimum atomic E-state index is 0.700. The molecule has 0 aliphatic heterocycles. The summed E-state index contributed by atoms with van der Waals surface area (Å²) in [5.74, 6) is 0. The molecular weight excluding hydrogens is 264 g/mol. The molecule has 0 radical (unpaired) electrons. The van der Waals surface area contributed by atoms with E-state index >= 15 is 0 Å². The van der Waals surface area contributed by atoms with E-state index in [1.165, 1.54) is 109 Å². The first-order valence-electron chi connectivity index (χ1n) is 10.7. The quantitative estimate of drug-likeness (QED) is 0.236. The standard InChI is InChI=1S/C22H46/c1-5-9-13-14-15-16-17-21-22(18-10-6-2,19-11-7-3)20-12-8-4/h5-21H2,1-4H3. The van der Waals surface area contributed by atoms with Gasteiger partial charge in [0.25, 0.3) is 0 Å². The molecule has 0 aromatic rings. The minimum absolute atomic E-state index is 0.700. The highest BCUT2D eigenvalue weighted by Gasteiger charge is 2.27. The van der Waals surface area contributed by atoms with Gasteiger partial charge in [-0.1, -0.05) is 111 Å². The van der Waals surface area contributed by atoms with Crippen molar-refractivity contribution in [1.29, 1.82) is 0 Å². The van der Waals surface area contributed by atoms with Gasteiger partial charge in [0.05, 0.1) is 0 Å². The van der Waals surface area contributed by atoms with Crippen LogP contribution in [0, 0.1) is 5.41 Å². The van der Waals surface area contributed by atoms with Crippen molar-refractivity contribution < 1.29 is 0 Å². The van der Waals surface area contributed by atoms with E-state index < -0.39 is 0 Å². The van der Waals surface area contributed by atoms with Crippen molar-refractivity contribution in [2.45, 2.75) is 137 Å². The Morgan fingerprint density at radius 2 is 0.682 bits per heavy atom. The highest BCUT2D eigenvalue weighted by Crippen LogP contribution is 2.41. The van der Waals surface area contributed by atoms with Gasteiger partial charge in [-0.15, -0.1) is 0 Å². The average molecular weight is 311 g/mol. The van der Waals surface area contributed by atoms with Crippen molar-refractivity contribution >= 4 is 0 Å². The topological polar surface area (TPSA) is 0 Å². The molecule has 22 heavy (non-hydrogen) atoms. The first-order valence-corrected chi connectivity index (χ1v) is 10.7. The van der Waals surface area contributed by atoms with Crippen molar-refractivity contribution in [3.8, 4) is 0 Å². The van der Waals surface area contributed by atoms with Gasteiger partial charge < -0.3 is 0 Å². The Morgan fingerprint density at radius 1 is 0.364 bits per heavy atom. The van der Waals surface area contributed by atoms with Gasteiger partial charge in [-0.25, -0.2) is 0 Å². The van der Waals surface area contributed by atoms with Gasteiger partial charge >= 0.3 is 0 Å². The molecule has 0 aromatic heterocycles.